The number of fused-ring (bicyclic) bond motifs is 3. The molecule has 2 aliphatic carbocycles. The maximum atomic E-state index is 14.0. The summed E-state index contributed by atoms with van der Waals surface area (Å²) in [5.74, 6) is -4.57. The number of aliphatic hydroxyl groups is 3. The molecular weight excluding hydrogens is 743 g/mol. The van der Waals surface area contributed by atoms with Crippen LogP contribution in [0.1, 0.15) is 172 Å². The third-order valence-electron chi connectivity index (χ3n) is 12.3. The van der Waals surface area contributed by atoms with Crippen LogP contribution in [0.3, 0.4) is 0 Å². The van der Waals surface area contributed by atoms with Gasteiger partial charge in [-0.2, -0.15) is 0 Å². The highest BCUT2D eigenvalue weighted by Gasteiger charge is 2.49. The Morgan fingerprint density at radius 1 is 0.914 bits per heavy atom. The van der Waals surface area contributed by atoms with Crippen molar-refractivity contribution in [2.45, 2.75) is 165 Å². The Morgan fingerprint density at radius 3 is 2.21 bits per heavy atom. The number of ether oxygens (including phenoxy) is 2. The number of unbranched alkanes of at least 4 members (excludes halogenated alkanes) is 11. The Bertz CT molecular complexity index is 1820. The fourth-order valence-corrected chi connectivity index (χ4v) is 9.11. The van der Waals surface area contributed by atoms with Crippen LogP contribution in [0.4, 0.5) is 0 Å². The van der Waals surface area contributed by atoms with E-state index in [9.17, 15) is 44.7 Å². The average molecular weight is 806 g/mol. The maximum Gasteiger partial charge on any atom is 0.220 e. The lowest BCUT2D eigenvalue weighted by Crippen LogP contribution is -2.55. The smallest absolute Gasteiger partial charge is 0.220 e. The second-order valence-electron chi connectivity index (χ2n) is 16.5. The van der Waals surface area contributed by atoms with Gasteiger partial charge in [-0.05, 0) is 70.3 Å². The Kier molecular flexibility index (Phi) is 16.1. The molecule has 1 saturated heterocycles. The number of phenolic OH excluding ortho intramolecular Hbond substituents is 2. The first-order valence-electron chi connectivity index (χ1n) is 21.4. The number of carbonyl (C=O) groups is 4. The zero-order valence-electron chi connectivity index (χ0n) is 34.4. The van der Waals surface area contributed by atoms with Gasteiger partial charge in [-0.15, -0.1) is 0 Å². The summed E-state index contributed by atoms with van der Waals surface area (Å²) in [5, 5.41) is 59.0. The van der Waals surface area contributed by atoms with Gasteiger partial charge in [0.25, 0.3) is 0 Å². The molecule has 0 unspecified atom stereocenters. The van der Waals surface area contributed by atoms with Crippen LogP contribution in [-0.2, 0) is 20.7 Å². The quantitative estimate of drug-likeness (QED) is 0.0383. The van der Waals surface area contributed by atoms with Gasteiger partial charge in [-0.1, -0.05) is 82.6 Å². The largest absolute Gasteiger partial charge is 0.507 e. The SMILES string of the molecule is CCCCCCCC/C=C/CCCCCCCC(=O)N[C@H]1C[C@H](C[C@H]2C[C@](O)(C(=O)CO)Cc3c(O)c4c(c(O)c32)C(=O)c2c(OC)cccc2C4=O)O[C@@H](C)[C@H]1O. The van der Waals surface area contributed by atoms with Crippen LogP contribution in [-0.4, -0.2) is 92.5 Å². The highest BCUT2D eigenvalue weighted by molar-refractivity contribution is 6.31. The van der Waals surface area contributed by atoms with Crippen LogP contribution in [0.5, 0.6) is 17.2 Å². The minimum absolute atomic E-state index is 0.0333. The molecule has 1 heterocycles. The van der Waals surface area contributed by atoms with Crippen molar-refractivity contribution in [3.8, 4) is 17.2 Å². The minimum Gasteiger partial charge on any atom is -0.507 e. The van der Waals surface area contributed by atoms with E-state index in [0.29, 0.717) is 6.42 Å². The van der Waals surface area contributed by atoms with E-state index in [1.807, 2.05) is 0 Å². The number of aliphatic hydroxyl groups excluding tert-OH is 2. The normalized spacial score (nSPS) is 24.0. The monoisotopic (exact) mass is 805 g/mol. The molecule has 0 radical (unpaired) electrons. The number of rotatable bonds is 21. The molecule has 0 aromatic heterocycles. The zero-order chi connectivity index (χ0) is 42.0. The highest BCUT2D eigenvalue weighted by Crippen LogP contribution is 2.53. The Labute approximate surface area is 342 Å². The Hall–Kier alpha value is -4.10. The molecule has 0 spiro atoms. The topological polar surface area (TPSA) is 200 Å². The summed E-state index contributed by atoms with van der Waals surface area (Å²) in [6, 6.07) is 3.78. The number of phenols is 2. The summed E-state index contributed by atoms with van der Waals surface area (Å²) >= 11 is 0. The molecule has 0 saturated carbocycles. The van der Waals surface area contributed by atoms with Gasteiger partial charge < -0.3 is 40.3 Å². The summed E-state index contributed by atoms with van der Waals surface area (Å²) < 4.78 is 11.5. The summed E-state index contributed by atoms with van der Waals surface area (Å²) in [4.78, 5) is 53.8. The number of allylic oxidation sites excluding steroid dienone is 2. The van der Waals surface area contributed by atoms with E-state index in [1.165, 1.54) is 63.8 Å². The predicted octanol–water partition coefficient (Wildman–Crippen LogP) is 6.65. The van der Waals surface area contributed by atoms with Crippen molar-refractivity contribution in [3.63, 3.8) is 0 Å². The van der Waals surface area contributed by atoms with Crippen molar-refractivity contribution in [2.24, 2.45) is 0 Å². The molecule has 6 atom stereocenters. The van der Waals surface area contributed by atoms with Crippen molar-refractivity contribution < 1.29 is 54.2 Å². The van der Waals surface area contributed by atoms with E-state index in [0.717, 1.165) is 44.9 Å². The van der Waals surface area contributed by atoms with Gasteiger partial charge in [0, 0.05) is 29.5 Å². The molecule has 5 rings (SSSR count). The number of methoxy groups -OCH3 is 1. The van der Waals surface area contributed by atoms with Gasteiger partial charge in [0.05, 0.1) is 42.0 Å². The number of hydrogen-bond acceptors (Lipinski definition) is 11. The summed E-state index contributed by atoms with van der Waals surface area (Å²) in [6.45, 7) is 2.92. The minimum atomic E-state index is -2.18. The van der Waals surface area contributed by atoms with Crippen molar-refractivity contribution >= 4 is 23.3 Å². The predicted molar refractivity (Wildman–Crippen MR) is 219 cm³/mol. The average Bonchev–Trinajstić information content (AvgIpc) is 3.20. The zero-order valence-corrected chi connectivity index (χ0v) is 34.4. The lowest BCUT2D eigenvalue weighted by atomic mass is 9.67. The van der Waals surface area contributed by atoms with Crippen LogP contribution in [0.25, 0.3) is 0 Å². The Balaban J connectivity index is 1.22. The van der Waals surface area contributed by atoms with E-state index < -0.39 is 88.9 Å². The highest BCUT2D eigenvalue weighted by atomic mass is 16.5. The molecule has 3 aliphatic rings. The van der Waals surface area contributed by atoms with E-state index >= 15 is 0 Å². The third-order valence-corrected chi connectivity index (χ3v) is 12.3. The van der Waals surface area contributed by atoms with E-state index in [-0.39, 0.29) is 53.2 Å². The number of benzene rings is 2. The van der Waals surface area contributed by atoms with Gasteiger partial charge in [0.15, 0.2) is 11.6 Å². The van der Waals surface area contributed by atoms with Gasteiger partial charge in [0.1, 0.15) is 35.6 Å². The van der Waals surface area contributed by atoms with E-state index in [1.54, 1.807) is 6.92 Å². The molecular formula is C46H63NO11. The standard InChI is InChI=1S/C46H63NO11/c1-4-5-6-7-8-9-10-11-12-13-14-15-16-17-18-22-36(50)47-33-24-30(58-28(2)41(33)51)23-29-25-46(56,35(49)27-48)26-32-37(29)44(54)40-39(43(32)53)42(52)31-20-19-21-34(57-3)38(31)45(40)55/h11-12,19-21,28-30,33,41,48,51,53-54,56H,4-10,13-18,22-27H2,1-3H3,(H,47,50)/b12-11+/t28-,29-,30-,33-,41+,46+/m0/s1. The Morgan fingerprint density at radius 2 is 1.55 bits per heavy atom. The molecule has 12 heteroatoms. The van der Waals surface area contributed by atoms with Crippen LogP contribution in [0.15, 0.2) is 30.4 Å². The number of nitrogens with one attached hydrogen (secondary N) is 1. The number of aromatic hydroxyl groups is 2. The molecule has 1 aliphatic heterocycles. The van der Waals surface area contributed by atoms with Crippen LogP contribution in [0.2, 0.25) is 0 Å². The van der Waals surface area contributed by atoms with Gasteiger partial charge in [0.2, 0.25) is 11.7 Å². The number of Topliss-reactive ketones (excluding diaryl/α,β-unsaturated/α-hetero) is 1. The van der Waals surface area contributed by atoms with Crippen LogP contribution < -0.4 is 10.1 Å². The second kappa shape index (κ2) is 20.7. The van der Waals surface area contributed by atoms with E-state index in [4.69, 9.17) is 9.47 Å². The molecule has 1 fully saturated rings. The lowest BCUT2D eigenvalue weighted by molar-refractivity contribution is -0.146. The second-order valence-corrected chi connectivity index (χ2v) is 16.5. The molecule has 318 valence electrons. The van der Waals surface area contributed by atoms with Crippen molar-refractivity contribution in [1.82, 2.24) is 5.32 Å². The van der Waals surface area contributed by atoms with Gasteiger partial charge in [-0.25, -0.2) is 0 Å². The van der Waals surface area contributed by atoms with Gasteiger partial charge in [-0.3, -0.25) is 19.2 Å². The van der Waals surface area contributed by atoms with Crippen LogP contribution in [0, 0.1) is 0 Å². The number of hydrogen-bond donors (Lipinski definition) is 6. The molecule has 1 amide bonds. The number of carbonyl (C=O) groups excluding carboxylic acids is 4. The molecule has 0 bridgehead atoms. The van der Waals surface area contributed by atoms with Crippen molar-refractivity contribution in [2.75, 3.05) is 13.7 Å². The molecule has 6 N–H and O–H groups in total. The summed E-state index contributed by atoms with van der Waals surface area (Å²) in [6.07, 6.45) is 16.9. The molecule has 2 aromatic rings. The molecule has 58 heavy (non-hydrogen) atoms. The first-order valence-corrected chi connectivity index (χ1v) is 21.4. The van der Waals surface area contributed by atoms with Crippen molar-refractivity contribution in [1.29, 1.82) is 0 Å². The summed E-state index contributed by atoms with van der Waals surface area (Å²) in [7, 11) is 1.35. The maximum absolute atomic E-state index is 14.0. The van der Waals surface area contributed by atoms with E-state index in [2.05, 4.69) is 24.4 Å². The first kappa shape index (κ1) is 45.0. The molecule has 2 aromatic carbocycles. The lowest BCUT2D eigenvalue weighted by Gasteiger charge is -2.43. The molecule has 12 nitrogen and oxygen atoms in total. The fraction of sp³-hybridized carbons (Fsp3) is 0.609. The van der Waals surface area contributed by atoms with Crippen molar-refractivity contribution in [3.05, 3.63) is 63.7 Å². The van der Waals surface area contributed by atoms with Gasteiger partial charge >= 0.3 is 0 Å². The number of amides is 1. The fourth-order valence-electron chi connectivity index (χ4n) is 9.11. The summed E-state index contributed by atoms with van der Waals surface area (Å²) in [5.41, 5.74) is -3.12. The van der Waals surface area contributed by atoms with Crippen LogP contribution >= 0.6 is 0 Å². The number of ketones is 3. The third kappa shape index (κ3) is 10.2. The first-order chi connectivity index (χ1) is 27.9.